The number of benzene rings is 1. The van der Waals surface area contributed by atoms with Crippen molar-refractivity contribution in [1.82, 2.24) is 4.98 Å². The van der Waals surface area contributed by atoms with Crippen LogP contribution in [0.5, 0.6) is 5.75 Å². The molecule has 2 aromatic rings. The van der Waals surface area contributed by atoms with E-state index >= 15 is 0 Å². The molecule has 0 saturated heterocycles. The number of nitrogens with two attached hydrogens (primary N) is 1. The second-order valence-electron chi connectivity index (χ2n) is 3.02. The van der Waals surface area contributed by atoms with Crippen LogP contribution in [0.25, 0.3) is 0 Å². The monoisotopic (exact) mass is 258 g/mol. The number of hydrogen-bond donors (Lipinski definition) is 1. The number of anilines is 1. The molecule has 0 bridgehead atoms. The Morgan fingerprint density at radius 3 is 3.00 bits per heavy atom. The molecule has 1 heterocycles. The van der Waals surface area contributed by atoms with Crippen molar-refractivity contribution in [1.29, 1.82) is 0 Å². The van der Waals surface area contributed by atoms with E-state index in [9.17, 15) is 4.39 Å². The quantitative estimate of drug-likeness (QED) is 0.920. The van der Waals surface area contributed by atoms with E-state index in [0.29, 0.717) is 10.8 Å². The molecule has 2 N–H and O–H groups in total. The van der Waals surface area contributed by atoms with Gasteiger partial charge >= 0.3 is 0 Å². The first-order chi connectivity index (χ1) is 7.66. The first-order valence-corrected chi connectivity index (χ1v) is 5.69. The molecule has 84 valence electrons. The average molecular weight is 259 g/mol. The van der Waals surface area contributed by atoms with Crippen LogP contribution in [0.1, 0.15) is 5.69 Å². The normalized spacial score (nSPS) is 10.4. The zero-order valence-corrected chi connectivity index (χ0v) is 9.69. The summed E-state index contributed by atoms with van der Waals surface area (Å²) in [5, 5.41) is 2.26. The SMILES string of the molecule is Nc1nc(COc2cccc(Cl)c2F)cs1. The summed E-state index contributed by atoms with van der Waals surface area (Å²) in [5.41, 5.74) is 6.13. The van der Waals surface area contributed by atoms with E-state index in [1.807, 2.05) is 0 Å². The largest absolute Gasteiger partial charge is 0.484 e. The summed E-state index contributed by atoms with van der Waals surface area (Å²) in [7, 11) is 0. The minimum atomic E-state index is -0.563. The number of aromatic nitrogens is 1. The zero-order valence-electron chi connectivity index (χ0n) is 8.11. The highest BCUT2D eigenvalue weighted by Gasteiger charge is 2.08. The van der Waals surface area contributed by atoms with Crippen molar-refractivity contribution in [2.75, 3.05) is 5.73 Å². The smallest absolute Gasteiger partial charge is 0.183 e. The van der Waals surface area contributed by atoms with Gasteiger partial charge in [0.1, 0.15) is 6.61 Å². The van der Waals surface area contributed by atoms with Crippen molar-refractivity contribution in [3.05, 3.63) is 40.1 Å². The van der Waals surface area contributed by atoms with Gasteiger partial charge in [0.05, 0.1) is 10.7 Å². The summed E-state index contributed by atoms with van der Waals surface area (Å²) in [6.45, 7) is 0.172. The summed E-state index contributed by atoms with van der Waals surface area (Å²) < 4.78 is 18.7. The number of nitrogen functional groups attached to an aromatic ring is 1. The Hall–Kier alpha value is -1.33. The van der Waals surface area contributed by atoms with Gasteiger partial charge in [-0.25, -0.2) is 9.37 Å². The van der Waals surface area contributed by atoms with Crippen LogP contribution in [0, 0.1) is 5.82 Å². The number of rotatable bonds is 3. The number of hydrogen-bond acceptors (Lipinski definition) is 4. The first kappa shape index (κ1) is 11.2. The standard InChI is InChI=1S/C10H8ClFN2OS/c11-7-2-1-3-8(9(7)12)15-4-6-5-16-10(13)14-6/h1-3,5H,4H2,(H2,13,14). The van der Waals surface area contributed by atoms with Gasteiger partial charge in [-0.1, -0.05) is 17.7 Å². The number of ether oxygens (including phenoxy) is 1. The van der Waals surface area contributed by atoms with Crippen LogP contribution in [0.2, 0.25) is 5.02 Å². The molecule has 0 radical (unpaired) electrons. The maximum atomic E-state index is 13.4. The average Bonchev–Trinajstić information content (AvgIpc) is 2.67. The van der Waals surface area contributed by atoms with Crippen LogP contribution in [-0.4, -0.2) is 4.98 Å². The fourth-order valence-electron chi connectivity index (χ4n) is 1.14. The number of halogens is 2. The summed E-state index contributed by atoms with van der Waals surface area (Å²) in [5.74, 6) is -0.452. The molecule has 3 nitrogen and oxygen atoms in total. The van der Waals surface area contributed by atoms with Crippen LogP contribution in [0.3, 0.4) is 0 Å². The molecule has 2 rings (SSSR count). The van der Waals surface area contributed by atoms with Gasteiger partial charge < -0.3 is 10.5 Å². The van der Waals surface area contributed by atoms with Gasteiger partial charge in [0.15, 0.2) is 16.7 Å². The van der Waals surface area contributed by atoms with E-state index in [-0.39, 0.29) is 17.4 Å². The van der Waals surface area contributed by atoms with Crippen molar-refractivity contribution >= 4 is 28.1 Å². The lowest BCUT2D eigenvalue weighted by molar-refractivity contribution is 0.287. The van der Waals surface area contributed by atoms with Crippen LogP contribution in [-0.2, 0) is 6.61 Å². The molecule has 0 unspecified atom stereocenters. The van der Waals surface area contributed by atoms with Crippen LogP contribution >= 0.6 is 22.9 Å². The van der Waals surface area contributed by atoms with E-state index in [0.717, 1.165) is 0 Å². The van der Waals surface area contributed by atoms with Crippen molar-refractivity contribution in [3.8, 4) is 5.75 Å². The maximum Gasteiger partial charge on any atom is 0.183 e. The van der Waals surface area contributed by atoms with Crippen LogP contribution < -0.4 is 10.5 Å². The van der Waals surface area contributed by atoms with Gasteiger partial charge in [-0.2, -0.15) is 0 Å². The van der Waals surface area contributed by atoms with E-state index in [1.54, 1.807) is 11.4 Å². The molecular formula is C10H8ClFN2OS. The molecule has 6 heteroatoms. The molecule has 0 spiro atoms. The first-order valence-electron chi connectivity index (χ1n) is 4.43. The fraction of sp³-hybridized carbons (Fsp3) is 0.100. The molecule has 0 saturated carbocycles. The third kappa shape index (κ3) is 2.43. The van der Waals surface area contributed by atoms with Gasteiger partial charge in [0.2, 0.25) is 0 Å². The van der Waals surface area contributed by atoms with Crippen molar-refractivity contribution < 1.29 is 9.13 Å². The maximum absolute atomic E-state index is 13.4. The molecular weight excluding hydrogens is 251 g/mol. The van der Waals surface area contributed by atoms with E-state index in [1.165, 1.54) is 23.5 Å². The lowest BCUT2D eigenvalue weighted by Gasteiger charge is -2.05. The van der Waals surface area contributed by atoms with Crippen LogP contribution in [0.15, 0.2) is 23.6 Å². The third-order valence-corrected chi connectivity index (χ3v) is 2.88. The highest BCUT2D eigenvalue weighted by molar-refractivity contribution is 7.13. The van der Waals surface area contributed by atoms with E-state index in [2.05, 4.69) is 4.98 Å². The summed E-state index contributed by atoms with van der Waals surface area (Å²) in [4.78, 5) is 3.99. The molecule has 16 heavy (non-hydrogen) atoms. The minimum Gasteiger partial charge on any atom is -0.484 e. The number of nitrogens with zero attached hydrogens (tertiary/aromatic N) is 1. The van der Waals surface area contributed by atoms with E-state index < -0.39 is 5.82 Å². The number of thiazole rings is 1. The Morgan fingerprint density at radius 1 is 1.50 bits per heavy atom. The van der Waals surface area contributed by atoms with Gasteiger partial charge in [-0.05, 0) is 12.1 Å². The fourth-order valence-corrected chi connectivity index (χ4v) is 1.85. The Bertz CT molecular complexity index is 503. The summed E-state index contributed by atoms with van der Waals surface area (Å²) >= 11 is 6.92. The van der Waals surface area contributed by atoms with Crippen molar-refractivity contribution in [2.45, 2.75) is 6.61 Å². The minimum absolute atomic E-state index is 0.0373. The second-order valence-corrected chi connectivity index (χ2v) is 4.31. The Kier molecular flexibility index (Phi) is 3.26. The van der Waals surface area contributed by atoms with Gasteiger partial charge in [-0.15, -0.1) is 11.3 Å². The van der Waals surface area contributed by atoms with Crippen molar-refractivity contribution in [3.63, 3.8) is 0 Å². The molecule has 0 aliphatic rings. The molecule has 0 amide bonds. The Labute approximate surface area is 101 Å². The Balaban J connectivity index is 2.07. The topological polar surface area (TPSA) is 48.1 Å². The highest BCUT2D eigenvalue weighted by atomic mass is 35.5. The predicted octanol–water partition coefficient (Wildman–Crippen LogP) is 3.10. The Morgan fingerprint density at radius 2 is 2.31 bits per heavy atom. The molecule has 1 aromatic heterocycles. The molecule has 0 atom stereocenters. The molecule has 0 fully saturated rings. The molecule has 0 aliphatic carbocycles. The van der Waals surface area contributed by atoms with Gasteiger partial charge in [0, 0.05) is 5.38 Å². The van der Waals surface area contributed by atoms with Crippen molar-refractivity contribution in [2.24, 2.45) is 0 Å². The molecule has 1 aromatic carbocycles. The summed E-state index contributed by atoms with van der Waals surface area (Å²) in [6.07, 6.45) is 0. The van der Waals surface area contributed by atoms with Gasteiger partial charge in [-0.3, -0.25) is 0 Å². The molecule has 0 aliphatic heterocycles. The highest BCUT2D eigenvalue weighted by Crippen LogP contribution is 2.25. The van der Waals surface area contributed by atoms with E-state index in [4.69, 9.17) is 22.1 Å². The summed E-state index contributed by atoms with van der Waals surface area (Å²) in [6, 6.07) is 4.59. The second kappa shape index (κ2) is 4.67. The lowest BCUT2D eigenvalue weighted by atomic mass is 10.3. The van der Waals surface area contributed by atoms with Gasteiger partial charge in [0.25, 0.3) is 0 Å². The lowest BCUT2D eigenvalue weighted by Crippen LogP contribution is -1.98. The predicted molar refractivity (Wildman–Crippen MR) is 62.3 cm³/mol. The third-order valence-electron chi connectivity index (χ3n) is 1.86. The zero-order chi connectivity index (χ0) is 11.5. The van der Waals surface area contributed by atoms with Crippen LogP contribution in [0.4, 0.5) is 9.52 Å².